The van der Waals surface area contributed by atoms with E-state index in [0.29, 0.717) is 31.0 Å². The molecule has 2 aliphatic rings. The lowest BCUT2D eigenvalue weighted by molar-refractivity contribution is -0.119. The SMILES string of the molecule is CC(=O)NC[C@H]1CN(c2ccc(N3C=NN(Cc4ccc(C)o4)CC3)c(F)c2)C(=O)O1. The van der Waals surface area contributed by atoms with Crippen molar-refractivity contribution in [2.45, 2.75) is 26.5 Å². The molecule has 31 heavy (non-hydrogen) atoms. The van der Waals surface area contributed by atoms with Crippen molar-refractivity contribution in [3.63, 3.8) is 0 Å². The van der Waals surface area contributed by atoms with Gasteiger partial charge in [-0.3, -0.25) is 14.7 Å². The fraction of sp³-hybridized carbons (Fsp3) is 0.381. The summed E-state index contributed by atoms with van der Waals surface area (Å²) in [5.41, 5.74) is 0.781. The topological polar surface area (TPSA) is 90.6 Å². The highest BCUT2D eigenvalue weighted by Crippen LogP contribution is 2.28. The van der Waals surface area contributed by atoms with E-state index in [9.17, 15) is 14.0 Å². The minimum absolute atomic E-state index is 0.203. The first-order chi connectivity index (χ1) is 14.9. The van der Waals surface area contributed by atoms with Crippen LogP contribution in [0.4, 0.5) is 20.6 Å². The molecule has 2 aromatic rings. The first kappa shape index (κ1) is 20.7. The second-order valence-corrected chi connectivity index (χ2v) is 7.51. The van der Waals surface area contributed by atoms with Gasteiger partial charge in [0.05, 0.1) is 37.6 Å². The van der Waals surface area contributed by atoms with E-state index < -0.39 is 18.0 Å². The Bertz CT molecular complexity index is 1010. The summed E-state index contributed by atoms with van der Waals surface area (Å²) in [5.74, 6) is 1.01. The van der Waals surface area contributed by atoms with Crippen LogP contribution in [-0.4, -0.2) is 55.6 Å². The number of aryl methyl sites for hydroxylation is 1. The maximum atomic E-state index is 14.8. The Morgan fingerprint density at radius 2 is 2.13 bits per heavy atom. The lowest BCUT2D eigenvalue weighted by Crippen LogP contribution is -2.38. The van der Waals surface area contributed by atoms with E-state index in [-0.39, 0.29) is 19.0 Å². The van der Waals surface area contributed by atoms with E-state index in [2.05, 4.69) is 10.4 Å². The van der Waals surface area contributed by atoms with E-state index in [4.69, 9.17) is 9.15 Å². The molecule has 0 aliphatic carbocycles. The average molecular weight is 429 g/mol. The fourth-order valence-corrected chi connectivity index (χ4v) is 3.52. The first-order valence-electron chi connectivity index (χ1n) is 10.0. The largest absolute Gasteiger partial charge is 0.464 e. The van der Waals surface area contributed by atoms with Gasteiger partial charge in [0.2, 0.25) is 5.91 Å². The molecule has 0 unspecified atom stereocenters. The number of amides is 2. The number of rotatable bonds is 6. The van der Waals surface area contributed by atoms with Crippen LogP contribution in [0, 0.1) is 12.7 Å². The Morgan fingerprint density at radius 1 is 1.29 bits per heavy atom. The summed E-state index contributed by atoms with van der Waals surface area (Å²) in [7, 11) is 0. The summed E-state index contributed by atoms with van der Waals surface area (Å²) in [5, 5.41) is 8.85. The maximum Gasteiger partial charge on any atom is 0.414 e. The molecule has 0 spiro atoms. The zero-order valence-corrected chi connectivity index (χ0v) is 17.4. The van der Waals surface area contributed by atoms with Gasteiger partial charge < -0.3 is 19.4 Å². The van der Waals surface area contributed by atoms with Crippen LogP contribution in [0.3, 0.4) is 0 Å². The zero-order chi connectivity index (χ0) is 22.0. The zero-order valence-electron chi connectivity index (χ0n) is 17.4. The Kier molecular flexibility index (Phi) is 5.79. The van der Waals surface area contributed by atoms with Gasteiger partial charge >= 0.3 is 6.09 Å². The summed E-state index contributed by atoms with van der Waals surface area (Å²) < 4.78 is 25.6. The summed E-state index contributed by atoms with van der Waals surface area (Å²) in [6, 6.07) is 8.43. The molecular weight excluding hydrogens is 405 g/mol. The highest BCUT2D eigenvalue weighted by molar-refractivity contribution is 5.90. The predicted molar refractivity (Wildman–Crippen MR) is 112 cm³/mol. The molecule has 164 valence electrons. The molecule has 9 nitrogen and oxygen atoms in total. The third-order valence-electron chi connectivity index (χ3n) is 5.09. The summed E-state index contributed by atoms with van der Waals surface area (Å²) in [6.07, 6.45) is 0.549. The van der Waals surface area contributed by atoms with Crippen molar-refractivity contribution in [1.82, 2.24) is 10.3 Å². The van der Waals surface area contributed by atoms with Crippen molar-refractivity contribution in [1.29, 1.82) is 0 Å². The molecule has 0 saturated carbocycles. The number of benzene rings is 1. The molecule has 1 N–H and O–H groups in total. The number of nitrogens with zero attached hydrogens (tertiary/aromatic N) is 4. The van der Waals surface area contributed by atoms with E-state index >= 15 is 0 Å². The number of carbonyl (C=O) groups excluding carboxylic acids is 2. The van der Waals surface area contributed by atoms with Crippen molar-refractivity contribution in [3.05, 3.63) is 47.7 Å². The summed E-state index contributed by atoms with van der Waals surface area (Å²) >= 11 is 0. The first-order valence-corrected chi connectivity index (χ1v) is 10.0. The normalized spacial score (nSPS) is 18.5. The second kappa shape index (κ2) is 8.66. The van der Waals surface area contributed by atoms with Crippen molar-refractivity contribution >= 4 is 29.7 Å². The van der Waals surface area contributed by atoms with Gasteiger partial charge in [0, 0.05) is 13.5 Å². The number of furan rings is 1. The van der Waals surface area contributed by atoms with E-state index in [1.54, 1.807) is 23.4 Å². The molecule has 0 bridgehead atoms. The number of hydrazone groups is 1. The van der Waals surface area contributed by atoms with Gasteiger partial charge in [-0.05, 0) is 37.3 Å². The molecule has 1 atom stereocenters. The molecule has 3 heterocycles. The Morgan fingerprint density at radius 3 is 2.77 bits per heavy atom. The highest BCUT2D eigenvalue weighted by Gasteiger charge is 2.33. The molecule has 2 amide bonds. The number of carbonyl (C=O) groups is 2. The summed E-state index contributed by atoms with van der Waals surface area (Å²) in [4.78, 5) is 26.3. The van der Waals surface area contributed by atoms with E-state index in [1.165, 1.54) is 17.9 Å². The van der Waals surface area contributed by atoms with Crippen LogP contribution in [0.2, 0.25) is 0 Å². The fourth-order valence-electron chi connectivity index (χ4n) is 3.52. The number of ether oxygens (including phenoxy) is 1. The summed E-state index contributed by atoms with van der Waals surface area (Å²) in [6.45, 7) is 5.47. The van der Waals surface area contributed by atoms with Crippen LogP contribution in [0.5, 0.6) is 0 Å². The number of hydrogen-bond donors (Lipinski definition) is 1. The van der Waals surface area contributed by atoms with Crippen LogP contribution in [0.15, 0.2) is 39.9 Å². The molecule has 2 aliphatic heterocycles. The van der Waals surface area contributed by atoms with Gasteiger partial charge in [0.1, 0.15) is 29.8 Å². The Balaban J connectivity index is 1.39. The second-order valence-electron chi connectivity index (χ2n) is 7.51. The van der Waals surface area contributed by atoms with Gasteiger partial charge in [0.15, 0.2) is 0 Å². The maximum absolute atomic E-state index is 14.8. The molecule has 0 radical (unpaired) electrons. The third kappa shape index (κ3) is 4.79. The number of nitrogens with one attached hydrogen (secondary N) is 1. The number of hydrogen-bond acceptors (Lipinski definition) is 7. The third-order valence-corrected chi connectivity index (χ3v) is 5.09. The Hall–Kier alpha value is -3.56. The Labute approximate surface area is 179 Å². The van der Waals surface area contributed by atoms with Gasteiger partial charge in [-0.2, -0.15) is 5.10 Å². The lowest BCUT2D eigenvalue weighted by Gasteiger charge is -2.30. The molecule has 1 fully saturated rings. The molecule has 1 saturated heterocycles. The molecule has 1 aromatic carbocycles. The lowest BCUT2D eigenvalue weighted by atomic mass is 10.2. The quantitative estimate of drug-likeness (QED) is 0.759. The average Bonchev–Trinajstić information content (AvgIpc) is 3.32. The van der Waals surface area contributed by atoms with Crippen LogP contribution in [-0.2, 0) is 16.1 Å². The van der Waals surface area contributed by atoms with Gasteiger partial charge in [0.25, 0.3) is 0 Å². The van der Waals surface area contributed by atoms with E-state index in [1.807, 2.05) is 24.1 Å². The van der Waals surface area contributed by atoms with Crippen molar-refractivity contribution in [2.24, 2.45) is 5.10 Å². The van der Waals surface area contributed by atoms with Crippen LogP contribution < -0.4 is 15.1 Å². The van der Waals surface area contributed by atoms with Crippen molar-refractivity contribution < 1.29 is 23.1 Å². The smallest absolute Gasteiger partial charge is 0.414 e. The van der Waals surface area contributed by atoms with Gasteiger partial charge in [-0.15, -0.1) is 0 Å². The standard InChI is InChI=1S/C21H24FN5O4/c1-14-3-5-17(30-14)11-26-8-7-25(13-24-26)20-6-4-16(9-19(20)22)27-12-18(31-21(27)29)10-23-15(2)28/h3-6,9,13,18H,7-8,10-12H2,1-2H3,(H,23,28)/t18-/m0/s1. The number of anilines is 2. The van der Waals surface area contributed by atoms with E-state index in [0.717, 1.165) is 11.5 Å². The number of halogens is 1. The van der Waals surface area contributed by atoms with Crippen LogP contribution >= 0.6 is 0 Å². The van der Waals surface area contributed by atoms with Crippen LogP contribution in [0.1, 0.15) is 18.4 Å². The monoisotopic (exact) mass is 429 g/mol. The predicted octanol–water partition coefficient (Wildman–Crippen LogP) is 2.45. The highest BCUT2D eigenvalue weighted by atomic mass is 19.1. The van der Waals surface area contributed by atoms with Crippen molar-refractivity contribution in [3.8, 4) is 0 Å². The van der Waals surface area contributed by atoms with Gasteiger partial charge in [-0.1, -0.05) is 0 Å². The molecule has 10 heteroatoms. The minimum atomic E-state index is -0.564. The number of cyclic esters (lactones) is 1. The van der Waals surface area contributed by atoms with Crippen molar-refractivity contribution in [2.75, 3.05) is 36.0 Å². The minimum Gasteiger partial charge on any atom is -0.464 e. The van der Waals surface area contributed by atoms with Gasteiger partial charge in [-0.25, -0.2) is 9.18 Å². The molecule has 4 rings (SSSR count). The molecular formula is C21H24FN5O4. The molecule has 1 aromatic heterocycles. The van der Waals surface area contributed by atoms with Crippen LogP contribution in [0.25, 0.3) is 0 Å².